The summed E-state index contributed by atoms with van der Waals surface area (Å²) in [5.41, 5.74) is 15.8. The average molecular weight is 538 g/mol. The van der Waals surface area contributed by atoms with E-state index in [1.54, 1.807) is 56.6 Å². The number of benzene rings is 1. The van der Waals surface area contributed by atoms with Gasteiger partial charge in [0.15, 0.2) is 5.69 Å². The first-order chi connectivity index (χ1) is 18.1. The van der Waals surface area contributed by atoms with Crippen molar-refractivity contribution >= 4 is 33.0 Å². The molecule has 0 saturated carbocycles. The highest BCUT2D eigenvalue weighted by atomic mass is 32.2. The third-order valence-corrected chi connectivity index (χ3v) is 8.86. The Morgan fingerprint density at radius 3 is 2.66 bits per heavy atom. The van der Waals surface area contributed by atoms with Crippen LogP contribution in [-0.4, -0.2) is 60.8 Å². The van der Waals surface area contributed by atoms with Crippen LogP contribution in [-0.2, 0) is 10.0 Å². The maximum atomic E-state index is 13.4. The zero-order valence-electron chi connectivity index (χ0n) is 22.0. The summed E-state index contributed by atoms with van der Waals surface area (Å²) in [5, 5.41) is 2.91. The molecule has 0 aliphatic carbocycles. The Morgan fingerprint density at radius 2 is 1.95 bits per heavy atom. The van der Waals surface area contributed by atoms with Crippen LogP contribution in [0.15, 0.2) is 53.7 Å². The molecule has 0 unspecified atom stereocenters. The topological polar surface area (TPSA) is 148 Å². The number of hydrogen-bond donors (Lipinski definition) is 3. The molecule has 38 heavy (non-hydrogen) atoms. The fourth-order valence-corrected chi connectivity index (χ4v) is 6.21. The van der Waals surface area contributed by atoms with Gasteiger partial charge in [0.25, 0.3) is 5.91 Å². The van der Waals surface area contributed by atoms with E-state index in [-0.39, 0.29) is 22.3 Å². The number of piperidine rings is 1. The first-order valence-electron chi connectivity index (χ1n) is 12.8. The lowest BCUT2D eigenvalue weighted by atomic mass is 10.0. The van der Waals surface area contributed by atoms with Gasteiger partial charge in [0.2, 0.25) is 10.0 Å². The minimum Gasteiger partial charge on any atom is -0.397 e. The number of aromatic nitrogens is 2. The maximum absolute atomic E-state index is 13.4. The van der Waals surface area contributed by atoms with Gasteiger partial charge in [0.1, 0.15) is 0 Å². The fraction of sp³-hybridized carbons (Fsp3) is 0.370. The molecule has 2 aromatic heterocycles. The number of carbonyl (C=O) groups is 1. The van der Waals surface area contributed by atoms with Gasteiger partial charge in [0.05, 0.1) is 33.8 Å². The van der Waals surface area contributed by atoms with Gasteiger partial charge in [-0.1, -0.05) is 19.9 Å². The van der Waals surface area contributed by atoms with Gasteiger partial charge in [-0.2, -0.15) is 4.31 Å². The second-order valence-corrected chi connectivity index (χ2v) is 11.3. The van der Waals surface area contributed by atoms with Crippen molar-refractivity contribution in [3.05, 3.63) is 60.0 Å². The van der Waals surface area contributed by atoms with E-state index in [0.717, 1.165) is 30.6 Å². The Bertz CT molecular complexity index is 1420. The molecule has 10 nitrogen and oxygen atoms in total. The molecule has 3 heterocycles. The summed E-state index contributed by atoms with van der Waals surface area (Å²) in [6.45, 7) is 7.73. The molecule has 202 valence electrons. The predicted molar refractivity (Wildman–Crippen MR) is 151 cm³/mol. The summed E-state index contributed by atoms with van der Waals surface area (Å²) in [6.07, 6.45) is 5.21. The fourth-order valence-electron chi connectivity index (χ4n) is 4.72. The number of hydrogen-bond acceptors (Lipinski definition) is 8. The third kappa shape index (κ3) is 5.64. The van der Waals surface area contributed by atoms with Crippen LogP contribution >= 0.6 is 0 Å². The Balaban J connectivity index is 1.66. The van der Waals surface area contributed by atoms with E-state index in [1.807, 2.05) is 13.0 Å². The molecule has 3 aromatic rings. The number of nitrogen functional groups attached to an aromatic ring is 1. The number of anilines is 3. The van der Waals surface area contributed by atoms with Crippen molar-refractivity contribution in [2.45, 2.75) is 44.6 Å². The molecular formula is C27H35N7O3S. The molecule has 1 fully saturated rings. The first-order valence-corrected chi connectivity index (χ1v) is 14.2. The number of nitrogens with two attached hydrogens (primary N) is 2. The lowest BCUT2D eigenvalue weighted by Gasteiger charge is -2.33. The Hall–Kier alpha value is -3.54. The normalized spacial score (nSPS) is 16.0. The smallest absolute Gasteiger partial charge is 0.276 e. The van der Waals surface area contributed by atoms with Crippen LogP contribution in [0.25, 0.3) is 11.3 Å². The lowest BCUT2D eigenvalue weighted by Crippen LogP contribution is -2.43. The van der Waals surface area contributed by atoms with E-state index in [0.29, 0.717) is 36.6 Å². The summed E-state index contributed by atoms with van der Waals surface area (Å²) in [6, 6.07) is 10.2. The summed E-state index contributed by atoms with van der Waals surface area (Å²) < 4.78 is 27.6. The highest BCUT2D eigenvalue weighted by Crippen LogP contribution is 2.30. The molecule has 4 rings (SSSR count). The Morgan fingerprint density at radius 1 is 1.18 bits per heavy atom. The average Bonchev–Trinajstić information content (AvgIpc) is 2.90. The second kappa shape index (κ2) is 11.5. The molecule has 1 atom stereocenters. The van der Waals surface area contributed by atoms with Gasteiger partial charge >= 0.3 is 0 Å². The van der Waals surface area contributed by atoms with E-state index in [9.17, 15) is 13.2 Å². The summed E-state index contributed by atoms with van der Waals surface area (Å²) in [4.78, 5) is 24.4. The van der Waals surface area contributed by atoms with Crippen LogP contribution in [0.5, 0.6) is 0 Å². The van der Waals surface area contributed by atoms with E-state index < -0.39 is 15.9 Å². The zero-order chi connectivity index (χ0) is 27.4. The van der Waals surface area contributed by atoms with Crippen LogP contribution in [0.2, 0.25) is 0 Å². The standard InChI is InChI=1S/C27H35N7O3S/c1-4-34(5-2)38(36,37)20-9-8-18(3)21(15-20)23-11-10-22(29)26(31-23)27(35)32-24-16-30-13-12-25(24)33-14-6-7-19(28)17-33/h8-13,15-16,19H,4-7,14,17,28-29H2,1-3H3,(H,32,35)/t19-/m0/s1. The van der Waals surface area contributed by atoms with Crippen LogP contribution in [0.3, 0.4) is 0 Å². The first kappa shape index (κ1) is 27.5. The van der Waals surface area contributed by atoms with Crippen LogP contribution in [0, 0.1) is 6.92 Å². The minimum absolute atomic E-state index is 0.0454. The molecule has 1 saturated heterocycles. The molecule has 0 bridgehead atoms. The quantitative estimate of drug-likeness (QED) is 0.397. The van der Waals surface area contributed by atoms with Crippen molar-refractivity contribution in [3.63, 3.8) is 0 Å². The number of rotatable bonds is 8. The largest absolute Gasteiger partial charge is 0.397 e. The zero-order valence-corrected chi connectivity index (χ0v) is 22.8. The third-order valence-electron chi connectivity index (χ3n) is 6.81. The van der Waals surface area contributed by atoms with Gasteiger partial charge < -0.3 is 21.7 Å². The van der Waals surface area contributed by atoms with Crippen LogP contribution in [0.1, 0.15) is 42.7 Å². The molecule has 1 aliphatic heterocycles. The van der Waals surface area contributed by atoms with Crippen LogP contribution in [0.4, 0.5) is 17.1 Å². The number of carbonyl (C=O) groups excluding carboxylic acids is 1. The highest BCUT2D eigenvalue weighted by molar-refractivity contribution is 7.89. The number of amides is 1. The van der Waals surface area contributed by atoms with Gasteiger partial charge in [0, 0.05) is 44.0 Å². The molecule has 0 spiro atoms. The second-order valence-electron chi connectivity index (χ2n) is 9.40. The molecule has 11 heteroatoms. The van der Waals surface area contributed by atoms with Gasteiger partial charge in [-0.05, 0) is 55.7 Å². The van der Waals surface area contributed by atoms with Crippen molar-refractivity contribution in [3.8, 4) is 11.3 Å². The molecule has 1 aliphatic rings. The minimum atomic E-state index is -3.66. The summed E-state index contributed by atoms with van der Waals surface area (Å²) >= 11 is 0. The lowest BCUT2D eigenvalue weighted by molar-refractivity contribution is 0.102. The summed E-state index contributed by atoms with van der Waals surface area (Å²) in [7, 11) is -3.66. The van der Waals surface area contributed by atoms with E-state index in [2.05, 4.69) is 20.2 Å². The summed E-state index contributed by atoms with van der Waals surface area (Å²) in [5.74, 6) is -0.482. The van der Waals surface area contributed by atoms with Gasteiger partial charge in [-0.3, -0.25) is 9.78 Å². The van der Waals surface area contributed by atoms with Gasteiger partial charge in [-0.25, -0.2) is 13.4 Å². The highest BCUT2D eigenvalue weighted by Gasteiger charge is 2.24. The predicted octanol–water partition coefficient (Wildman–Crippen LogP) is 3.24. The van der Waals surface area contributed by atoms with Crippen molar-refractivity contribution in [2.75, 3.05) is 42.1 Å². The van der Waals surface area contributed by atoms with Crippen molar-refractivity contribution in [1.29, 1.82) is 0 Å². The Kier molecular flexibility index (Phi) is 8.29. The SMILES string of the molecule is CCN(CC)S(=O)(=O)c1ccc(C)c(-c2ccc(N)c(C(=O)Nc3cnccc3N3CCC[C@H](N)C3)n2)c1. The maximum Gasteiger partial charge on any atom is 0.276 e. The van der Waals surface area contributed by atoms with Gasteiger partial charge in [-0.15, -0.1) is 0 Å². The molecule has 0 radical (unpaired) electrons. The molecule has 5 N–H and O–H groups in total. The molecule has 1 amide bonds. The van der Waals surface area contributed by atoms with Crippen LogP contribution < -0.4 is 21.7 Å². The Labute approximate surface area is 224 Å². The monoisotopic (exact) mass is 537 g/mol. The van der Waals surface area contributed by atoms with E-state index in [4.69, 9.17) is 11.5 Å². The van der Waals surface area contributed by atoms with Crippen molar-refractivity contribution in [1.82, 2.24) is 14.3 Å². The number of nitrogens with one attached hydrogen (secondary N) is 1. The number of aryl methyl sites for hydroxylation is 1. The number of pyridine rings is 2. The van der Waals surface area contributed by atoms with Crippen molar-refractivity contribution in [2.24, 2.45) is 5.73 Å². The molecule has 1 aromatic carbocycles. The van der Waals surface area contributed by atoms with E-state index in [1.165, 1.54) is 4.31 Å². The van der Waals surface area contributed by atoms with E-state index >= 15 is 0 Å². The molecular weight excluding hydrogens is 502 g/mol. The van der Waals surface area contributed by atoms with Crippen molar-refractivity contribution < 1.29 is 13.2 Å². The number of sulfonamides is 1. The number of nitrogens with zero attached hydrogens (tertiary/aromatic N) is 4.